The molecule has 2 aromatic carbocycles. The van der Waals surface area contributed by atoms with Crippen molar-refractivity contribution in [3.05, 3.63) is 64.5 Å². The third-order valence-corrected chi connectivity index (χ3v) is 5.75. The van der Waals surface area contributed by atoms with Gasteiger partial charge in [0.2, 0.25) is 5.91 Å². The van der Waals surface area contributed by atoms with Crippen LogP contribution < -0.4 is 5.32 Å². The molecule has 1 amide bonds. The van der Waals surface area contributed by atoms with Crippen LogP contribution in [0.2, 0.25) is 5.02 Å². The van der Waals surface area contributed by atoms with Gasteiger partial charge in [0.25, 0.3) is 0 Å². The number of halogens is 1. The first-order chi connectivity index (χ1) is 12.1. The molecule has 0 aliphatic rings. The molecule has 128 valence electrons. The molecule has 0 saturated carbocycles. The first-order valence-electron chi connectivity index (χ1n) is 7.81. The number of benzene rings is 2. The van der Waals surface area contributed by atoms with E-state index in [1.165, 1.54) is 5.56 Å². The summed E-state index contributed by atoms with van der Waals surface area (Å²) in [6, 6.07) is 15.5. The van der Waals surface area contributed by atoms with Crippen LogP contribution in [0.4, 0.5) is 5.69 Å². The second kappa shape index (κ2) is 8.52. The third kappa shape index (κ3) is 5.33. The number of rotatable bonds is 6. The Bertz CT molecular complexity index is 862. The lowest BCUT2D eigenvalue weighted by Gasteiger charge is -2.04. The Morgan fingerprint density at radius 3 is 2.80 bits per heavy atom. The number of amides is 1. The highest BCUT2D eigenvalue weighted by molar-refractivity contribution is 8.01. The summed E-state index contributed by atoms with van der Waals surface area (Å²) in [5.74, 6) is 0.665. The highest BCUT2D eigenvalue weighted by atomic mass is 35.5. The number of nitrogens with zero attached hydrogens (tertiary/aromatic N) is 1. The summed E-state index contributed by atoms with van der Waals surface area (Å²) in [6.07, 6.45) is 0.427. The number of thioether (sulfide) groups is 1. The molecule has 3 rings (SSSR count). The topological polar surface area (TPSA) is 42.0 Å². The number of hydrogen-bond donors (Lipinski definition) is 1. The van der Waals surface area contributed by atoms with Crippen molar-refractivity contribution in [1.82, 2.24) is 4.98 Å². The van der Waals surface area contributed by atoms with Crippen LogP contribution in [0.15, 0.2) is 58.3 Å². The second-order valence-electron chi connectivity index (χ2n) is 5.52. The van der Waals surface area contributed by atoms with Gasteiger partial charge in [-0.1, -0.05) is 59.3 Å². The number of aromatic nitrogens is 1. The highest BCUT2D eigenvalue weighted by Gasteiger charge is 2.07. The number of aryl methyl sites for hydroxylation is 1. The summed E-state index contributed by atoms with van der Waals surface area (Å²) in [7, 11) is 0. The first kappa shape index (κ1) is 18.0. The molecule has 1 aromatic heterocycles. The molecule has 1 heterocycles. The minimum absolute atomic E-state index is 0.0231. The third-order valence-electron chi connectivity index (χ3n) is 3.49. The fraction of sp³-hybridized carbons (Fsp3) is 0.158. The van der Waals surface area contributed by atoms with Crippen molar-refractivity contribution >= 4 is 46.3 Å². The second-order valence-corrected chi connectivity index (χ2v) is 8.16. The van der Waals surface area contributed by atoms with Gasteiger partial charge in [-0.2, -0.15) is 0 Å². The van der Waals surface area contributed by atoms with Crippen molar-refractivity contribution < 1.29 is 4.79 Å². The summed E-state index contributed by atoms with van der Waals surface area (Å²) >= 11 is 9.12. The summed E-state index contributed by atoms with van der Waals surface area (Å²) in [6.45, 7) is 2.07. The molecular weight excluding hydrogens is 372 g/mol. The standard InChI is InChI=1S/C19H17ClN2OS2/c1-13-5-7-14(8-6-13)17-12-25-19(22-17)24-10-9-18(23)21-16-4-2-3-15(20)11-16/h2-8,11-12H,9-10H2,1H3,(H,21,23). The van der Waals surface area contributed by atoms with Crippen LogP contribution in [-0.2, 0) is 4.79 Å². The Morgan fingerprint density at radius 2 is 2.04 bits per heavy atom. The zero-order chi connectivity index (χ0) is 17.6. The number of carbonyl (C=O) groups excluding carboxylic acids is 1. The lowest BCUT2D eigenvalue weighted by Crippen LogP contribution is -2.11. The van der Waals surface area contributed by atoms with E-state index in [0.717, 1.165) is 21.3 Å². The maximum absolute atomic E-state index is 12.0. The molecule has 0 aliphatic heterocycles. The molecule has 1 N–H and O–H groups in total. The molecule has 0 atom stereocenters. The van der Waals surface area contributed by atoms with E-state index in [4.69, 9.17) is 11.6 Å². The largest absolute Gasteiger partial charge is 0.326 e. The zero-order valence-corrected chi connectivity index (χ0v) is 16.0. The fourth-order valence-corrected chi connectivity index (χ4v) is 4.24. The molecule has 0 saturated heterocycles. The van der Waals surface area contributed by atoms with Gasteiger partial charge in [-0.15, -0.1) is 11.3 Å². The van der Waals surface area contributed by atoms with Gasteiger partial charge in [-0.05, 0) is 25.1 Å². The Morgan fingerprint density at radius 1 is 1.24 bits per heavy atom. The predicted molar refractivity (Wildman–Crippen MR) is 108 cm³/mol. The van der Waals surface area contributed by atoms with Gasteiger partial charge in [0.1, 0.15) is 0 Å². The molecule has 0 fully saturated rings. The van der Waals surface area contributed by atoms with Gasteiger partial charge >= 0.3 is 0 Å². The Kier molecular flexibility index (Phi) is 6.13. The fourth-order valence-electron chi connectivity index (χ4n) is 2.20. The molecule has 6 heteroatoms. The van der Waals surface area contributed by atoms with E-state index in [1.54, 1.807) is 35.2 Å². The lowest BCUT2D eigenvalue weighted by atomic mass is 10.1. The SMILES string of the molecule is Cc1ccc(-c2csc(SCCC(=O)Nc3cccc(Cl)c3)n2)cc1. The van der Waals surface area contributed by atoms with Gasteiger partial charge in [-0.25, -0.2) is 4.98 Å². The van der Waals surface area contributed by atoms with Crippen LogP contribution in [0, 0.1) is 6.92 Å². The number of anilines is 1. The molecule has 0 aliphatic carbocycles. The molecule has 25 heavy (non-hydrogen) atoms. The summed E-state index contributed by atoms with van der Waals surface area (Å²) in [4.78, 5) is 16.6. The number of thiazole rings is 1. The van der Waals surface area contributed by atoms with Crippen LogP contribution in [0.25, 0.3) is 11.3 Å². The number of nitrogens with one attached hydrogen (secondary N) is 1. The van der Waals surface area contributed by atoms with E-state index in [1.807, 2.05) is 12.1 Å². The van der Waals surface area contributed by atoms with E-state index < -0.39 is 0 Å². The molecule has 3 aromatic rings. The quantitative estimate of drug-likeness (QED) is 0.535. The van der Waals surface area contributed by atoms with E-state index in [-0.39, 0.29) is 5.91 Å². The normalized spacial score (nSPS) is 10.6. The minimum atomic E-state index is -0.0231. The minimum Gasteiger partial charge on any atom is -0.326 e. The Hall–Kier alpha value is -1.82. The van der Waals surface area contributed by atoms with Gasteiger partial charge in [0.15, 0.2) is 4.34 Å². The van der Waals surface area contributed by atoms with Gasteiger partial charge < -0.3 is 5.32 Å². The maximum atomic E-state index is 12.0. The van der Waals surface area contributed by atoms with Crippen LogP contribution in [-0.4, -0.2) is 16.6 Å². The first-order valence-corrected chi connectivity index (χ1v) is 10.1. The molecule has 3 nitrogen and oxygen atoms in total. The van der Waals surface area contributed by atoms with Gasteiger partial charge in [0, 0.05) is 33.8 Å². The Labute approximate surface area is 160 Å². The summed E-state index contributed by atoms with van der Waals surface area (Å²) < 4.78 is 0.978. The van der Waals surface area contributed by atoms with E-state index in [9.17, 15) is 4.79 Å². The van der Waals surface area contributed by atoms with Crippen molar-refractivity contribution in [2.24, 2.45) is 0 Å². The van der Waals surface area contributed by atoms with Crippen molar-refractivity contribution in [2.75, 3.05) is 11.1 Å². The van der Waals surface area contributed by atoms with E-state index >= 15 is 0 Å². The van der Waals surface area contributed by atoms with Gasteiger partial charge in [0.05, 0.1) is 5.69 Å². The average molecular weight is 389 g/mol. The average Bonchev–Trinajstić information content (AvgIpc) is 3.04. The van der Waals surface area contributed by atoms with Crippen LogP contribution >= 0.6 is 34.7 Å². The molecule has 0 radical (unpaired) electrons. The van der Waals surface area contributed by atoms with Crippen molar-refractivity contribution in [3.63, 3.8) is 0 Å². The number of hydrogen-bond acceptors (Lipinski definition) is 4. The molecule has 0 unspecified atom stereocenters. The number of carbonyl (C=O) groups is 1. The predicted octanol–water partition coefficient (Wildman–Crippen LogP) is 5.89. The zero-order valence-electron chi connectivity index (χ0n) is 13.7. The molecule has 0 spiro atoms. The lowest BCUT2D eigenvalue weighted by molar-refractivity contribution is -0.115. The van der Waals surface area contributed by atoms with Crippen LogP contribution in [0.1, 0.15) is 12.0 Å². The van der Waals surface area contributed by atoms with Crippen molar-refractivity contribution in [2.45, 2.75) is 17.7 Å². The maximum Gasteiger partial charge on any atom is 0.225 e. The summed E-state index contributed by atoms with van der Waals surface area (Å²) in [5, 5.41) is 5.52. The highest BCUT2D eigenvalue weighted by Crippen LogP contribution is 2.28. The van der Waals surface area contributed by atoms with Crippen LogP contribution in [0.5, 0.6) is 0 Å². The molecular formula is C19H17ClN2OS2. The Balaban J connectivity index is 1.49. The van der Waals surface area contributed by atoms with Crippen molar-refractivity contribution in [1.29, 1.82) is 0 Å². The van der Waals surface area contributed by atoms with Crippen LogP contribution in [0.3, 0.4) is 0 Å². The monoisotopic (exact) mass is 388 g/mol. The van der Waals surface area contributed by atoms with Gasteiger partial charge in [-0.3, -0.25) is 4.79 Å². The summed E-state index contributed by atoms with van der Waals surface area (Å²) in [5.41, 5.74) is 4.06. The smallest absolute Gasteiger partial charge is 0.225 e. The molecule has 0 bridgehead atoms. The van der Waals surface area contributed by atoms with E-state index in [0.29, 0.717) is 17.2 Å². The van der Waals surface area contributed by atoms with E-state index in [2.05, 4.69) is 46.9 Å². The van der Waals surface area contributed by atoms with Crippen molar-refractivity contribution in [3.8, 4) is 11.3 Å².